The minimum Gasteiger partial charge on any atom is -0.357 e. The summed E-state index contributed by atoms with van der Waals surface area (Å²) < 4.78 is 23.1. The Labute approximate surface area is 152 Å². The summed E-state index contributed by atoms with van der Waals surface area (Å²) in [6.45, 7) is 8.42. The second-order valence-electron chi connectivity index (χ2n) is 7.44. The highest BCUT2D eigenvalue weighted by Crippen LogP contribution is 2.46. The normalized spacial score (nSPS) is 16.6. The van der Waals surface area contributed by atoms with Crippen molar-refractivity contribution in [2.45, 2.75) is 40.0 Å². The summed E-state index contributed by atoms with van der Waals surface area (Å²) >= 11 is 0. The smallest absolute Gasteiger partial charge is 0.191 e. The third-order valence-corrected chi connectivity index (χ3v) is 5.57. The van der Waals surface area contributed by atoms with Crippen LogP contribution in [-0.2, 0) is 16.3 Å². The second-order valence-corrected chi connectivity index (χ2v) is 9.58. The molecule has 0 saturated heterocycles. The van der Waals surface area contributed by atoms with E-state index in [9.17, 15) is 8.42 Å². The van der Waals surface area contributed by atoms with Gasteiger partial charge in [-0.1, -0.05) is 29.3 Å². The van der Waals surface area contributed by atoms with E-state index < -0.39 is 9.84 Å². The topological polar surface area (TPSA) is 70.6 Å². The number of aryl methyl sites for hydroxylation is 2. The van der Waals surface area contributed by atoms with Gasteiger partial charge >= 0.3 is 0 Å². The van der Waals surface area contributed by atoms with Gasteiger partial charge in [0.1, 0.15) is 9.84 Å². The lowest BCUT2D eigenvalue weighted by atomic mass is 10.1. The van der Waals surface area contributed by atoms with Crippen molar-refractivity contribution in [3.63, 3.8) is 0 Å². The maximum absolute atomic E-state index is 11.6. The van der Waals surface area contributed by atoms with Gasteiger partial charge in [-0.3, -0.25) is 4.99 Å². The molecule has 0 bridgehead atoms. The van der Waals surface area contributed by atoms with Crippen LogP contribution in [0.5, 0.6) is 0 Å². The van der Waals surface area contributed by atoms with E-state index in [1.54, 1.807) is 0 Å². The fraction of sp³-hybridized carbons (Fsp3) is 0.632. The molecular formula is C19H31N3O2S. The summed E-state index contributed by atoms with van der Waals surface area (Å²) in [6, 6.07) is 6.60. The van der Waals surface area contributed by atoms with Crippen LogP contribution in [0.4, 0.5) is 0 Å². The molecular weight excluding hydrogens is 334 g/mol. The maximum atomic E-state index is 11.6. The van der Waals surface area contributed by atoms with E-state index in [0.717, 1.165) is 38.3 Å². The number of rotatable bonds is 8. The van der Waals surface area contributed by atoms with Gasteiger partial charge in [0.15, 0.2) is 5.96 Å². The molecule has 2 N–H and O–H groups in total. The van der Waals surface area contributed by atoms with Gasteiger partial charge in [-0.2, -0.15) is 0 Å². The van der Waals surface area contributed by atoms with Crippen LogP contribution in [-0.4, -0.2) is 46.0 Å². The van der Waals surface area contributed by atoms with Gasteiger partial charge in [-0.05, 0) is 45.6 Å². The SMILES string of the molecule is CCNC(=NCC1(CS(C)(=O)=O)CC1)NCCc1cc(C)cc(C)c1. The van der Waals surface area contributed by atoms with Crippen molar-refractivity contribution in [2.24, 2.45) is 10.4 Å². The molecule has 0 aliphatic heterocycles. The first kappa shape index (κ1) is 19.8. The predicted octanol–water partition coefficient (Wildman–Crippen LogP) is 2.23. The maximum Gasteiger partial charge on any atom is 0.191 e. The van der Waals surface area contributed by atoms with Gasteiger partial charge < -0.3 is 10.6 Å². The molecule has 2 rings (SSSR count). The minimum atomic E-state index is -2.95. The predicted molar refractivity (Wildman–Crippen MR) is 105 cm³/mol. The molecule has 140 valence electrons. The van der Waals surface area contributed by atoms with Crippen LogP contribution < -0.4 is 10.6 Å². The Kier molecular flexibility index (Phi) is 6.49. The standard InChI is InChI=1S/C19H31N3O2S/c1-5-20-18(22-13-19(7-8-19)14-25(4,23)24)21-9-6-17-11-15(2)10-16(3)12-17/h10-12H,5-9,13-14H2,1-4H3,(H2,20,21,22). The fourth-order valence-corrected chi connectivity index (χ4v) is 4.70. The lowest BCUT2D eigenvalue weighted by Gasteiger charge is -2.15. The average molecular weight is 366 g/mol. The Morgan fingerprint density at radius 1 is 1.16 bits per heavy atom. The quantitative estimate of drug-likeness (QED) is 0.547. The van der Waals surface area contributed by atoms with Crippen molar-refractivity contribution in [3.8, 4) is 0 Å². The molecule has 0 atom stereocenters. The van der Waals surface area contributed by atoms with Crippen molar-refractivity contribution in [2.75, 3.05) is 31.6 Å². The Hall–Kier alpha value is -1.56. The van der Waals surface area contributed by atoms with E-state index >= 15 is 0 Å². The molecule has 0 unspecified atom stereocenters. The molecule has 0 radical (unpaired) electrons. The van der Waals surface area contributed by atoms with Crippen molar-refractivity contribution in [1.29, 1.82) is 0 Å². The highest BCUT2D eigenvalue weighted by molar-refractivity contribution is 7.90. The number of aliphatic imine (C=N–C) groups is 1. The summed E-state index contributed by atoms with van der Waals surface area (Å²) in [7, 11) is -2.95. The van der Waals surface area contributed by atoms with Crippen LogP contribution in [0, 0.1) is 19.3 Å². The van der Waals surface area contributed by atoms with Crippen LogP contribution in [0.3, 0.4) is 0 Å². The number of nitrogens with one attached hydrogen (secondary N) is 2. The molecule has 25 heavy (non-hydrogen) atoms. The van der Waals surface area contributed by atoms with Gasteiger partial charge in [0.25, 0.3) is 0 Å². The van der Waals surface area contributed by atoms with Crippen LogP contribution in [0.15, 0.2) is 23.2 Å². The zero-order chi connectivity index (χ0) is 18.5. The van der Waals surface area contributed by atoms with Crippen molar-refractivity contribution in [3.05, 3.63) is 34.9 Å². The van der Waals surface area contributed by atoms with Crippen LogP contribution in [0.25, 0.3) is 0 Å². The van der Waals surface area contributed by atoms with Gasteiger partial charge in [-0.15, -0.1) is 0 Å². The van der Waals surface area contributed by atoms with E-state index in [1.165, 1.54) is 22.9 Å². The monoisotopic (exact) mass is 365 g/mol. The van der Waals surface area contributed by atoms with Crippen molar-refractivity contribution >= 4 is 15.8 Å². The van der Waals surface area contributed by atoms with Gasteiger partial charge in [0.2, 0.25) is 0 Å². The first-order valence-corrected chi connectivity index (χ1v) is 11.0. The Bertz CT molecular complexity index is 702. The zero-order valence-electron chi connectivity index (χ0n) is 15.9. The van der Waals surface area contributed by atoms with Crippen LogP contribution in [0.2, 0.25) is 0 Å². The van der Waals surface area contributed by atoms with E-state index in [4.69, 9.17) is 0 Å². The van der Waals surface area contributed by atoms with E-state index in [2.05, 4.69) is 47.7 Å². The van der Waals surface area contributed by atoms with Gasteiger partial charge in [0.05, 0.1) is 5.75 Å². The molecule has 1 aliphatic rings. The minimum absolute atomic E-state index is 0.135. The molecule has 0 heterocycles. The zero-order valence-corrected chi connectivity index (χ0v) is 16.7. The molecule has 1 aromatic carbocycles. The average Bonchev–Trinajstić information content (AvgIpc) is 3.21. The molecule has 0 amide bonds. The number of sulfone groups is 1. The number of benzene rings is 1. The molecule has 0 aromatic heterocycles. The molecule has 6 heteroatoms. The summed E-state index contributed by atoms with van der Waals surface area (Å²) in [6.07, 6.45) is 4.14. The van der Waals surface area contributed by atoms with Crippen LogP contribution >= 0.6 is 0 Å². The third kappa shape index (κ3) is 7.06. The van der Waals surface area contributed by atoms with E-state index in [1.807, 2.05) is 6.92 Å². The molecule has 0 spiro atoms. The summed E-state index contributed by atoms with van der Waals surface area (Å²) in [4.78, 5) is 4.63. The highest BCUT2D eigenvalue weighted by Gasteiger charge is 2.45. The van der Waals surface area contributed by atoms with Gasteiger partial charge in [0, 0.05) is 31.3 Å². The Morgan fingerprint density at radius 3 is 2.32 bits per heavy atom. The second kappa shape index (κ2) is 8.21. The van der Waals surface area contributed by atoms with Crippen LogP contribution in [0.1, 0.15) is 36.5 Å². The Morgan fingerprint density at radius 2 is 1.80 bits per heavy atom. The largest absolute Gasteiger partial charge is 0.357 e. The highest BCUT2D eigenvalue weighted by atomic mass is 32.2. The third-order valence-electron chi connectivity index (χ3n) is 4.43. The van der Waals surface area contributed by atoms with E-state index in [0.29, 0.717) is 6.54 Å². The van der Waals surface area contributed by atoms with Crippen molar-refractivity contribution in [1.82, 2.24) is 10.6 Å². The fourth-order valence-electron chi connectivity index (χ4n) is 3.21. The van der Waals surface area contributed by atoms with Crippen molar-refractivity contribution < 1.29 is 8.42 Å². The lowest BCUT2D eigenvalue weighted by molar-refractivity contribution is 0.550. The van der Waals surface area contributed by atoms with E-state index in [-0.39, 0.29) is 11.2 Å². The molecule has 1 saturated carbocycles. The number of nitrogens with zero attached hydrogens (tertiary/aromatic N) is 1. The number of guanidine groups is 1. The Balaban J connectivity index is 1.89. The lowest BCUT2D eigenvalue weighted by Crippen LogP contribution is -2.39. The summed E-state index contributed by atoms with van der Waals surface area (Å²) in [5, 5.41) is 6.60. The molecule has 1 aromatic rings. The first-order chi connectivity index (χ1) is 11.7. The molecule has 5 nitrogen and oxygen atoms in total. The summed E-state index contributed by atoms with van der Waals surface area (Å²) in [5.74, 6) is 1.01. The first-order valence-electron chi connectivity index (χ1n) is 8.98. The summed E-state index contributed by atoms with van der Waals surface area (Å²) in [5.41, 5.74) is 3.75. The molecule has 1 aliphatic carbocycles. The molecule has 1 fully saturated rings. The number of hydrogen-bond acceptors (Lipinski definition) is 3. The van der Waals surface area contributed by atoms with Gasteiger partial charge in [-0.25, -0.2) is 8.42 Å². The number of hydrogen-bond donors (Lipinski definition) is 2.